The van der Waals surface area contributed by atoms with E-state index in [0.717, 1.165) is 46.9 Å². The number of carbonyl (C=O) groups is 1. The van der Waals surface area contributed by atoms with Crippen molar-refractivity contribution < 1.29 is 9.53 Å². The lowest BCUT2D eigenvalue weighted by molar-refractivity contribution is 0.0939. The third-order valence-corrected chi connectivity index (χ3v) is 5.08. The topological polar surface area (TPSA) is 69.0 Å². The highest BCUT2D eigenvalue weighted by Crippen LogP contribution is 2.29. The van der Waals surface area contributed by atoms with Gasteiger partial charge in [0.2, 0.25) is 0 Å². The van der Waals surface area contributed by atoms with Crippen molar-refractivity contribution in [2.45, 2.75) is 26.2 Å². The lowest BCUT2D eigenvalue weighted by Crippen LogP contribution is -2.25. The highest BCUT2D eigenvalue weighted by atomic mass is 16.5. The smallest absolute Gasteiger partial charge is 0.252 e. The number of amides is 1. The summed E-state index contributed by atoms with van der Waals surface area (Å²) in [5.41, 5.74) is 3.90. The van der Waals surface area contributed by atoms with Crippen LogP contribution in [0.2, 0.25) is 0 Å². The van der Waals surface area contributed by atoms with Gasteiger partial charge in [-0.25, -0.2) is 4.98 Å². The number of hydrogen-bond donors (Lipinski definition) is 1. The van der Waals surface area contributed by atoms with Gasteiger partial charge in [0.25, 0.3) is 5.91 Å². The normalized spacial score (nSPS) is 13.8. The average molecular weight is 378 g/mol. The second-order valence-electron chi connectivity index (χ2n) is 7.46. The SMILES string of the molecule is Cc1nn(C)c2nc(-c3ccccc3)cc(C(=O)NCCCOCC3CC3)c12. The number of pyridine rings is 1. The summed E-state index contributed by atoms with van der Waals surface area (Å²) in [5, 5.41) is 8.30. The molecule has 1 aliphatic rings. The van der Waals surface area contributed by atoms with Crippen LogP contribution >= 0.6 is 0 Å². The number of aromatic nitrogens is 3. The number of ether oxygens (including phenoxy) is 1. The third kappa shape index (κ3) is 4.07. The molecule has 0 saturated heterocycles. The Bertz CT molecular complexity index is 977. The maximum atomic E-state index is 12.9. The molecule has 1 N–H and O–H groups in total. The van der Waals surface area contributed by atoms with Crippen LogP contribution < -0.4 is 5.32 Å². The number of aryl methyl sites for hydroxylation is 2. The Kier molecular flexibility index (Phi) is 5.39. The van der Waals surface area contributed by atoms with Crippen LogP contribution in [0, 0.1) is 12.8 Å². The van der Waals surface area contributed by atoms with E-state index in [2.05, 4.69) is 10.4 Å². The Morgan fingerprint density at radius 3 is 2.82 bits per heavy atom. The van der Waals surface area contributed by atoms with Gasteiger partial charge in [-0.3, -0.25) is 9.48 Å². The van der Waals surface area contributed by atoms with E-state index in [1.807, 2.05) is 50.4 Å². The molecule has 146 valence electrons. The van der Waals surface area contributed by atoms with E-state index in [4.69, 9.17) is 9.72 Å². The van der Waals surface area contributed by atoms with E-state index < -0.39 is 0 Å². The fourth-order valence-corrected chi connectivity index (χ4v) is 3.39. The van der Waals surface area contributed by atoms with Gasteiger partial charge in [0.1, 0.15) is 0 Å². The largest absolute Gasteiger partial charge is 0.381 e. The van der Waals surface area contributed by atoms with Gasteiger partial charge in [0.05, 0.1) is 22.3 Å². The van der Waals surface area contributed by atoms with Crippen LogP contribution in [0.15, 0.2) is 36.4 Å². The molecule has 0 atom stereocenters. The molecule has 0 aliphatic heterocycles. The van der Waals surface area contributed by atoms with E-state index in [1.54, 1.807) is 4.68 Å². The molecule has 0 bridgehead atoms. The standard InChI is InChI=1S/C22H26N4O2/c1-15-20-18(22(27)23-11-6-12-28-14-16-9-10-16)13-19(17-7-4-3-5-8-17)24-21(20)26(2)25-15/h3-5,7-8,13,16H,6,9-12,14H2,1-2H3,(H,23,27). The quantitative estimate of drug-likeness (QED) is 0.609. The van der Waals surface area contributed by atoms with Gasteiger partial charge < -0.3 is 10.1 Å². The fourth-order valence-electron chi connectivity index (χ4n) is 3.39. The number of fused-ring (bicyclic) bond motifs is 1. The summed E-state index contributed by atoms with van der Waals surface area (Å²) in [6.07, 6.45) is 3.40. The number of hydrogen-bond acceptors (Lipinski definition) is 4. The van der Waals surface area contributed by atoms with Crippen LogP contribution in [0.4, 0.5) is 0 Å². The first kappa shape index (κ1) is 18.6. The highest BCUT2D eigenvalue weighted by molar-refractivity contribution is 6.07. The summed E-state index contributed by atoms with van der Waals surface area (Å²) in [6, 6.07) is 11.8. The number of benzene rings is 1. The Hall–Kier alpha value is -2.73. The van der Waals surface area contributed by atoms with Crippen molar-refractivity contribution in [3.63, 3.8) is 0 Å². The Labute approximate surface area is 164 Å². The van der Waals surface area contributed by atoms with Crippen molar-refractivity contribution in [1.29, 1.82) is 0 Å². The molecule has 0 unspecified atom stereocenters. The van der Waals surface area contributed by atoms with E-state index in [0.29, 0.717) is 18.7 Å². The second-order valence-corrected chi connectivity index (χ2v) is 7.46. The van der Waals surface area contributed by atoms with E-state index in [9.17, 15) is 4.79 Å². The minimum atomic E-state index is -0.0946. The van der Waals surface area contributed by atoms with Crippen molar-refractivity contribution in [3.05, 3.63) is 47.7 Å². The van der Waals surface area contributed by atoms with Crippen LogP contribution in [0.3, 0.4) is 0 Å². The van der Waals surface area contributed by atoms with E-state index in [-0.39, 0.29) is 5.91 Å². The van der Waals surface area contributed by atoms with Crippen molar-refractivity contribution in [2.75, 3.05) is 19.8 Å². The van der Waals surface area contributed by atoms with Gasteiger partial charge in [-0.1, -0.05) is 30.3 Å². The van der Waals surface area contributed by atoms with Crippen molar-refractivity contribution >= 4 is 16.9 Å². The second kappa shape index (κ2) is 8.10. The first-order chi connectivity index (χ1) is 13.6. The molecule has 2 heterocycles. The molecule has 0 spiro atoms. The molecular weight excluding hydrogens is 352 g/mol. The first-order valence-corrected chi connectivity index (χ1v) is 9.89. The summed E-state index contributed by atoms with van der Waals surface area (Å²) in [5.74, 6) is 0.674. The number of nitrogens with zero attached hydrogens (tertiary/aromatic N) is 3. The van der Waals surface area contributed by atoms with Crippen LogP contribution in [0.5, 0.6) is 0 Å². The number of carbonyl (C=O) groups excluding carboxylic acids is 1. The zero-order chi connectivity index (χ0) is 19.5. The van der Waals surface area contributed by atoms with Crippen molar-refractivity contribution in [2.24, 2.45) is 13.0 Å². The predicted molar refractivity (Wildman–Crippen MR) is 109 cm³/mol. The molecule has 4 rings (SSSR count). The molecule has 1 saturated carbocycles. The molecule has 1 aliphatic carbocycles. The zero-order valence-corrected chi connectivity index (χ0v) is 16.4. The number of nitrogens with one attached hydrogen (secondary N) is 1. The van der Waals surface area contributed by atoms with Gasteiger partial charge in [0.15, 0.2) is 5.65 Å². The third-order valence-electron chi connectivity index (χ3n) is 5.08. The molecule has 28 heavy (non-hydrogen) atoms. The summed E-state index contributed by atoms with van der Waals surface area (Å²) in [7, 11) is 1.86. The highest BCUT2D eigenvalue weighted by Gasteiger charge is 2.21. The van der Waals surface area contributed by atoms with Gasteiger partial charge in [-0.05, 0) is 38.2 Å². The minimum Gasteiger partial charge on any atom is -0.381 e. The first-order valence-electron chi connectivity index (χ1n) is 9.89. The average Bonchev–Trinajstić information content (AvgIpc) is 3.49. The van der Waals surface area contributed by atoms with E-state index >= 15 is 0 Å². The van der Waals surface area contributed by atoms with Crippen LogP contribution in [0.1, 0.15) is 35.3 Å². The van der Waals surface area contributed by atoms with Gasteiger partial charge in [0, 0.05) is 32.4 Å². The molecule has 1 fully saturated rings. The van der Waals surface area contributed by atoms with Crippen LogP contribution in [-0.4, -0.2) is 40.4 Å². The molecule has 1 amide bonds. The lowest BCUT2D eigenvalue weighted by atomic mass is 10.0. The summed E-state index contributed by atoms with van der Waals surface area (Å²) in [4.78, 5) is 17.7. The van der Waals surface area contributed by atoms with E-state index in [1.165, 1.54) is 12.8 Å². The molecule has 0 radical (unpaired) electrons. The Morgan fingerprint density at radius 2 is 2.07 bits per heavy atom. The van der Waals surface area contributed by atoms with Crippen molar-refractivity contribution in [1.82, 2.24) is 20.1 Å². The maximum absolute atomic E-state index is 12.9. The molecule has 3 aromatic rings. The molecular formula is C22H26N4O2. The number of rotatable bonds is 8. The molecule has 6 heteroatoms. The van der Waals surface area contributed by atoms with Gasteiger partial charge in [-0.2, -0.15) is 5.10 Å². The molecule has 2 aromatic heterocycles. The van der Waals surface area contributed by atoms with Crippen molar-refractivity contribution in [3.8, 4) is 11.3 Å². The molecule has 6 nitrogen and oxygen atoms in total. The Balaban J connectivity index is 1.53. The van der Waals surface area contributed by atoms with Gasteiger partial charge in [-0.15, -0.1) is 0 Å². The maximum Gasteiger partial charge on any atom is 0.252 e. The fraction of sp³-hybridized carbons (Fsp3) is 0.409. The van der Waals surface area contributed by atoms with Gasteiger partial charge >= 0.3 is 0 Å². The van der Waals surface area contributed by atoms with Crippen LogP contribution in [0.25, 0.3) is 22.3 Å². The summed E-state index contributed by atoms with van der Waals surface area (Å²) in [6.45, 7) is 4.04. The zero-order valence-electron chi connectivity index (χ0n) is 16.4. The monoisotopic (exact) mass is 378 g/mol. The minimum absolute atomic E-state index is 0.0946. The summed E-state index contributed by atoms with van der Waals surface area (Å²) < 4.78 is 7.38. The predicted octanol–water partition coefficient (Wildman–Crippen LogP) is 3.49. The Morgan fingerprint density at radius 1 is 1.29 bits per heavy atom. The summed E-state index contributed by atoms with van der Waals surface area (Å²) >= 11 is 0. The molecule has 1 aromatic carbocycles. The van der Waals surface area contributed by atoms with Crippen LogP contribution in [-0.2, 0) is 11.8 Å². The lowest BCUT2D eigenvalue weighted by Gasteiger charge is -2.10.